The lowest BCUT2D eigenvalue weighted by Crippen LogP contribution is -2.48. The van der Waals surface area contributed by atoms with E-state index < -0.39 is 16.1 Å². The fraction of sp³-hybridized carbons (Fsp3) is 0.917. The highest BCUT2D eigenvalue weighted by Crippen LogP contribution is 2.30. The molecule has 0 aromatic carbocycles. The molecule has 5 nitrogen and oxygen atoms in total. The van der Waals surface area contributed by atoms with E-state index in [9.17, 15) is 13.2 Å². The van der Waals surface area contributed by atoms with Crippen molar-refractivity contribution in [1.29, 1.82) is 0 Å². The van der Waals surface area contributed by atoms with Crippen LogP contribution in [0.25, 0.3) is 0 Å². The van der Waals surface area contributed by atoms with Crippen molar-refractivity contribution in [2.24, 2.45) is 0 Å². The quantitative estimate of drug-likeness (QED) is 0.738. The molecule has 19 heavy (non-hydrogen) atoms. The average Bonchev–Trinajstić information content (AvgIpc) is 3.11. The molecule has 2 aliphatic rings. The lowest BCUT2D eigenvalue weighted by atomic mass is 10.3. The van der Waals surface area contributed by atoms with Gasteiger partial charge in [-0.25, -0.2) is 8.42 Å². The highest BCUT2D eigenvalue weighted by molar-refractivity contribution is 8.00. The molecule has 2 fully saturated rings. The van der Waals surface area contributed by atoms with Crippen molar-refractivity contribution in [2.75, 3.05) is 24.4 Å². The summed E-state index contributed by atoms with van der Waals surface area (Å²) in [6, 6.07) is -0.157. The minimum absolute atomic E-state index is 0.0347. The van der Waals surface area contributed by atoms with Crippen LogP contribution >= 0.6 is 11.8 Å². The van der Waals surface area contributed by atoms with E-state index in [0.717, 1.165) is 19.3 Å². The summed E-state index contributed by atoms with van der Waals surface area (Å²) in [4.78, 5) is 14.1. The van der Waals surface area contributed by atoms with Crippen molar-refractivity contribution in [3.63, 3.8) is 0 Å². The average molecular weight is 306 g/mol. The third-order valence-electron chi connectivity index (χ3n) is 3.68. The van der Waals surface area contributed by atoms with E-state index in [1.165, 1.54) is 16.1 Å². The van der Waals surface area contributed by atoms with Gasteiger partial charge in [-0.15, -0.1) is 11.8 Å². The number of likely N-dealkylation sites (N-methyl/N-ethyl adjacent to an activating group) is 1. The van der Waals surface area contributed by atoms with Gasteiger partial charge in [0.1, 0.15) is 6.04 Å². The summed E-state index contributed by atoms with van der Waals surface area (Å²) in [6.07, 6.45) is 3.60. The van der Waals surface area contributed by atoms with E-state index in [4.69, 9.17) is 0 Å². The number of carbonyl (C=O) groups is 1. The van der Waals surface area contributed by atoms with Crippen LogP contribution in [0, 0.1) is 0 Å². The third-order valence-corrected chi connectivity index (χ3v) is 6.76. The first-order valence-corrected chi connectivity index (χ1v) is 9.57. The van der Waals surface area contributed by atoms with Gasteiger partial charge in [-0.1, -0.05) is 13.3 Å². The van der Waals surface area contributed by atoms with E-state index in [2.05, 4.69) is 0 Å². The molecule has 2 rings (SSSR count). The molecule has 1 aliphatic carbocycles. The first kappa shape index (κ1) is 15.1. The second-order valence-electron chi connectivity index (χ2n) is 5.25. The Balaban J connectivity index is 2.05. The fourth-order valence-corrected chi connectivity index (χ4v) is 5.63. The van der Waals surface area contributed by atoms with Crippen molar-refractivity contribution in [3.05, 3.63) is 0 Å². The number of carbonyl (C=O) groups excluding carboxylic acids is 1. The lowest BCUT2D eigenvalue weighted by molar-refractivity contribution is -0.133. The Bertz CT molecular complexity index is 434. The molecular weight excluding hydrogens is 284 g/mol. The van der Waals surface area contributed by atoms with E-state index in [1.54, 1.807) is 11.9 Å². The second-order valence-corrected chi connectivity index (χ2v) is 8.29. The summed E-state index contributed by atoms with van der Waals surface area (Å²) in [6.45, 7) is 1.97. The molecular formula is C12H22N2O3S2. The Morgan fingerprint density at radius 1 is 1.42 bits per heavy atom. The van der Waals surface area contributed by atoms with E-state index >= 15 is 0 Å². The van der Waals surface area contributed by atoms with Crippen molar-refractivity contribution in [1.82, 2.24) is 9.21 Å². The molecule has 1 saturated heterocycles. The van der Waals surface area contributed by atoms with Gasteiger partial charge in [-0.2, -0.15) is 4.31 Å². The Morgan fingerprint density at radius 3 is 2.68 bits per heavy atom. The first-order valence-electron chi connectivity index (χ1n) is 6.81. The molecule has 0 spiro atoms. The van der Waals surface area contributed by atoms with Crippen molar-refractivity contribution in [2.45, 2.75) is 44.7 Å². The number of unbranched alkanes of at least 4 members (excludes halogenated alkanes) is 1. The summed E-state index contributed by atoms with van der Waals surface area (Å²) >= 11 is 1.53. The van der Waals surface area contributed by atoms with Crippen LogP contribution in [-0.2, 0) is 14.8 Å². The van der Waals surface area contributed by atoms with Crippen LogP contribution in [-0.4, -0.2) is 60.0 Å². The summed E-state index contributed by atoms with van der Waals surface area (Å²) in [5.74, 6) is 1.12. The van der Waals surface area contributed by atoms with E-state index in [0.29, 0.717) is 24.1 Å². The van der Waals surface area contributed by atoms with Gasteiger partial charge in [0.2, 0.25) is 15.9 Å². The fourth-order valence-electron chi connectivity index (χ4n) is 2.22. The molecule has 1 amide bonds. The molecule has 0 radical (unpaired) electrons. The minimum Gasteiger partial charge on any atom is -0.341 e. The molecule has 1 atom stereocenters. The topological polar surface area (TPSA) is 57.7 Å². The Hall–Kier alpha value is -0.270. The summed E-state index contributed by atoms with van der Waals surface area (Å²) in [5.41, 5.74) is 0. The number of thioether (sulfide) groups is 1. The molecule has 1 aliphatic heterocycles. The number of nitrogens with zero attached hydrogens (tertiary/aromatic N) is 2. The van der Waals surface area contributed by atoms with Gasteiger partial charge < -0.3 is 4.90 Å². The molecule has 0 N–H and O–H groups in total. The Labute approximate surface area is 119 Å². The van der Waals surface area contributed by atoms with Crippen LogP contribution in [0.1, 0.15) is 32.6 Å². The van der Waals surface area contributed by atoms with Crippen molar-refractivity contribution in [3.8, 4) is 0 Å². The molecule has 1 unspecified atom stereocenters. The van der Waals surface area contributed by atoms with Gasteiger partial charge in [0.15, 0.2) is 0 Å². The number of rotatable bonds is 6. The SMILES string of the molecule is CCCCS(=O)(=O)N1CSCC1C(=O)N(C)C1CC1. The molecule has 7 heteroatoms. The van der Waals surface area contributed by atoms with Crippen LogP contribution in [0.2, 0.25) is 0 Å². The van der Waals surface area contributed by atoms with Gasteiger partial charge in [0.05, 0.1) is 11.6 Å². The first-order chi connectivity index (χ1) is 8.97. The highest BCUT2D eigenvalue weighted by atomic mass is 32.2. The third kappa shape index (κ3) is 3.44. The highest BCUT2D eigenvalue weighted by Gasteiger charge is 2.42. The van der Waals surface area contributed by atoms with Crippen molar-refractivity contribution >= 4 is 27.7 Å². The minimum atomic E-state index is -3.29. The molecule has 0 bridgehead atoms. The summed E-state index contributed by atoms with van der Waals surface area (Å²) < 4.78 is 25.9. The monoisotopic (exact) mass is 306 g/mol. The van der Waals surface area contributed by atoms with Gasteiger partial charge in [0, 0.05) is 18.8 Å². The van der Waals surface area contributed by atoms with Crippen LogP contribution in [0.5, 0.6) is 0 Å². The maximum Gasteiger partial charge on any atom is 0.241 e. The van der Waals surface area contributed by atoms with Crippen LogP contribution < -0.4 is 0 Å². The molecule has 0 aromatic heterocycles. The smallest absolute Gasteiger partial charge is 0.241 e. The zero-order chi connectivity index (χ0) is 14.0. The van der Waals surface area contributed by atoms with Crippen LogP contribution in [0.3, 0.4) is 0 Å². The normalized spacial score (nSPS) is 24.6. The standard InChI is InChI=1S/C12H22N2O3S2/c1-3-4-7-19(16,17)14-9-18-8-11(14)12(15)13(2)10-5-6-10/h10-11H,3-9H2,1-2H3. The number of hydrogen-bond donors (Lipinski definition) is 0. The summed E-state index contributed by atoms with van der Waals surface area (Å²) in [5, 5.41) is 0. The van der Waals surface area contributed by atoms with Gasteiger partial charge in [-0.05, 0) is 19.3 Å². The van der Waals surface area contributed by atoms with Gasteiger partial charge in [0.25, 0.3) is 0 Å². The number of amides is 1. The van der Waals surface area contributed by atoms with Crippen molar-refractivity contribution < 1.29 is 13.2 Å². The summed E-state index contributed by atoms with van der Waals surface area (Å²) in [7, 11) is -1.50. The zero-order valence-electron chi connectivity index (χ0n) is 11.5. The van der Waals surface area contributed by atoms with E-state index in [1.807, 2.05) is 6.92 Å². The van der Waals surface area contributed by atoms with E-state index in [-0.39, 0.29) is 11.7 Å². The maximum atomic E-state index is 12.4. The maximum absolute atomic E-state index is 12.4. The predicted octanol–water partition coefficient (Wildman–Crippen LogP) is 1.11. The Morgan fingerprint density at radius 2 is 2.11 bits per heavy atom. The number of hydrogen-bond acceptors (Lipinski definition) is 4. The zero-order valence-corrected chi connectivity index (χ0v) is 13.2. The lowest BCUT2D eigenvalue weighted by Gasteiger charge is -2.26. The Kier molecular flexibility index (Phi) is 4.79. The van der Waals surface area contributed by atoms with Gasteiger partial charge >= 0.3 is 0 Å². The molecule has 110 valence electrons. The van der Waals surface area contributed by atoms with Gasteiger partial charge in [-0.3, -0.25) is 4.79 Å². The molecule has 0 aromatic rings. The largest absolute Gasteiger partial charge is 0.341 e. The molecule has 1 heterocycles. The van der Waals surface area contributed by atoms with Crippen LogP contribution in [0.4, 0.5) is 0 Å². The molecule has 1 saturated carbocycles. The number of sulfonamides is 1. The second kappa shape index (κ2) is 6.01. The predicted molar refractivity (Wildman–Crippen MR) is 77.4 cm³/mol. The van der Waals surface area contributed by atoms with Crippen LogP contribution in [0.15, 0.2) is 0 Å².